The number of aliphatic hydroxyl groups is 1. The highest BCUT2D eigenvalue weighted by molar-refractivity contribution is 5.83. The first-order chi connectivity index (χ1) is 9.11. The van der Waals surface area contributed by atoms with Crippen molar-refractivity contribution < 1.29 is 9.90 Å². The molecule has 106 valence electrons. The highest BCUT2D eigenvalue weighted by Gasteiger charge is 2.50. The van der Waals surface area contributed by atoms with E-state index in [9.17, 15) is 9.90 Å². The lowest BCUT2D eigenvalue weighted by Gasteiger charge is -2.39. The van der Waals surface area contributed by atoms with Crippen molar-refractivity contribution in [2.45, 2.75) is 64.4 Å². The van der Waals surface area contributed by atoms with E-state index in [1.54, 1.807) is 0 Å². The van der Waals surface area contributed by atoms with Crippen LogP contribution in [-0.4, -0.2) is 17.0 Å². The van der Waals surface area contributed by atoms with Crippen molar-refractivity contribution in [3.63, 3.8) is 0 Å². The number of allylic oxidation sites excluding steroid dienone is 1. The minimum absolute atomic E-state index is 0.224. The maximum Gasteiger partial charge on any atom is 0.136 e. The van der Waals surface area contributed by atoms with E-state index in [4.69, 9.17) is 0 Å². The smallest absolute Gasteiger partial charge is 0.136 e. The Morgan fingerprint density at radius 2 is 2.16 bits per heavy atom. The summed E-state index contributed by atoms with van der Waals surface area (Å²) in [6.45, 7) is 2.33. The maximum atomic E-state index is 12.0. The van der Waals surface area contributed by atoms with E-state index < -0.39 is 0 Å². The molecule has 0 spiro atoms. The predicted octanol–water partition coefficient (Wildman–Crippen LogP) is 3.49. The Morgan fingerprint density at radius 1 is 1.37 bits per heavy atom. The average Bonchev–Trinajstić information content (AvgIpc) is 3.15. The standard InChI is InChI=1S/C17H26O2/c1-17-11-3-6-16(19)14(17)10-9-13(17)4-2-5-15(18)12-7-8-12/h2,5,12-15,18H,3-4,6-11H2,1H3/b5-2+. The summed E-state index contributed by atoms with van der Waals surface area (Å²) in [4.78, 5) is 12.0. The number of carbonyl (C=O) groups excluding carboxylic acids is 1. The molecule has 0 aliphatic heterocycles. The number of hydrogen-bond donors (Lipinski definition) is 1. The van der Waals surface area contributed by atoms with Crippen molar-refractivity contribution >= 4 is 5.78 Å². The van der Waals surface area contributed by atoms with Crippen molar-refractivity contribution in [1.82, 2.24) is 0 Å². The maximum absolute atomic E-state index is 12.0. The van der Waals surface area contributed by atoms with Crippen LogP contribution in [0, 0.1) is 23.2 Å². The first-order valence-corrected chi connectivity index (χ1v) is 7.98. The van der Waals surface area contributed by atoms with Crippen molar-refractivity contribution in [2.75, 3.05) is 0 Å². The fourth-order valence-corrected chi connectivity index (χ4v) is 4.40. The Balaban J connectivity index is 1.60. The van der Waals surface area contributed by atoms with Gasteiger partial charge in [-0.3, -0.25) is 4.79 Å². The number of hydrogen-bond acceptors (Lipinski definition) is 2. The Labute approximate surface area is 116 Å². The summed E-state index contributed by atoms with van der Waals surface area (Å²) in [5.74, 6) is 2.01. The molecule has 0 aromatic carbocycles. The van der Waals surface area contributed by atoms with Gasteiger partial charge in [0.05, 0.1) is 6.10 Å². The van der Waals surface area contributed by atoms with Gasteiger partial charge < -0.3 is 5.11 Å². The summed E-state index contributed by atoms with van der Waals surface area (Å²) >= 11 is 0. The van der Waals surface area contributed by atoms with Gasteiger partial charge in [0.15, 0.2) is 0 Å². The van der Waals surface area contributed by atoms with Crippen LogP contribution < -0.4 is 0 Å². The third kappa shape index (κ3) is 2.52. The number of rotatable bonds is 4. The lowest BCUT2D eigenvalue weighted by Crippen LogP contribution is -2.37. The third-order valence-electron chi connectivity index (χ3n) is 5.92. The Bertz CT molecular complexity index is 383. The molecule has 0 radical (unpaired) electrons. The zero-order valence-corrected chi connectivity index (χ0v) is 12.0. The van der Waals surface area contributed by atoms with Crippen LogP contribution in [0.3, 0.4) is 0 Å². The number of ketones is 1. The first kappa shape index (κ1) is 13.4. The Hall–Kier alpha value is -0.630. The van der Waals surface area contributed by atoms with Crippen molar-refractivity contribution in [2.24, 2.45) is 23.2 Å². The number of carbonyl (C=O) groups is 1. The highest BCUT2D eigenvalue weighted by atomic mass is 16.3. The molecule has 3 fully saturated rings. The van der Waals surface area contributed by atoms with Gasteiger partial charge in [-0.05, 0) is 62.2 Å². The van der Waals surface area contributed by atoms with Crippen LogP contribution in [0.25, 0.3) is 0 Å². The van der Waals surface area contributed by atoms with E-state index in [-0.39, 0.29) is 11.5 Å². The molecule has 0 aromatic heterocycles. The van der Waals surface area contributed by atoms with Crippen LogP contribution in [-0.2, 0) is 4.79 Å². The van der Waals surface area contributed by atoms with Gasteiger partial charge in [-0.1, -0.05) is 19.1 Å². The van der Waals surface area contributed by atoms with Gasteiger partial charge in [-0.25, -0.2) is 0 Å². The van der Waals surface area contributed by atoms with Crippen molar-refractivity contribution in [1.29, 1.82) is 0 Å². The van der Waals surface area contributed by atoms with Gasteiger partial charge in [0.1, 0.15) is 5.78 Å². The molecule has 1 N–H and O–H groups in total. The molecule has 3 aliphatic carbocycles. The fourth-order valence-electron chi connectivity index (χ4n) is 4.40. The molecular formula is C17H26O2. The highest BCUT2D eigenvalue weighted by Crippen LogP contribution is 2.55. The summed E-state index contributed by atoms with van der Waals surface area (Å²) < 4.78 is 0. The molecule has 3 aliphatic rings. The average molecular weight is 262 g/mol. The monoisotopic (exact) mass is 262 g/mol. The molecule has 0 saturated heterocycles. The second kappa shape index (κ2) is 5.05. The van der Waals surface area contributed by atoms with Gasteiger partial charge in [0.25, 0.3) is 0 Å². The van der Waals surface area contributed by atoms with Gasteiger partial charge >= 0.3 is 0 Å². The largest absolute Gasteiger partial charge is 0.389 e. The summed E-state index contributed by atoms with van der Waals surface area (Å²) in [5.41, 5.74) is 0.240. The molecule has 0 bridgehead atoms. The lowest BCUT2D eigenvalue weighted by atomic mass is 9.64. The molecule has 19 heavy (non-hydrogen) atoms. The van der Waals surface area contributed by atoms with Gasteiger partial charge in [-0.2, -0.15) is 0 Å². The minimum atomic E-state index is -0.224. The summed E-state index contributed by atoms with van der Waals surface area (Å²) in [6.07, 6.45) is 12.8. The molecule has 0 aromatic rings. The predicted molar refractivity (Wildman–Crippen MR) is 75.7 cm³/mol. The van der Waals surface area contributed by atoms with Gasteiger partial charge in [0, 0.05) is 12.3 Å². The molecule has 0 amide bonds. The van der Waals surface area contributed by atoms with E-state index in [1.165, 1.54) is 25.7 Å². The van der Waals surface area contributed by atoms with Crippen LogP contribution in [0.2, 0.25) is 0 Å². The molecule has 4 unspecified atom stereocenters. The first-order valence-electron chi connectivity index (χ1n) is 7.98. The number of Topliss-reactive ketones (excluding diaryl/α,β-unsaturated/α-hetero) is 1. The minimum Gasteiger partial charge on any atom is -0.389 e. The van der Waals surface area contributed by atoms with Crippen molar-refractivity contribution in [3.05, 3.63) is 12.2 Å². The van der Waals surface area contributed by atoms with Crippen LogP contribution in [0.4, 0.5) is 0 Å². The normalized spacial score (nSPS) is 40.6. The summed E-state index contributed by atoms with van der Waals surface area (Å²) in [7, 11) is 0. The Morgan fingerprint density at radius 3 is 2.89 bits per heavy atom. The second-order valence-corrected chi connectivity index (χ2v) is 7.14. The molecule has 3 rings (SSSR count). The van der Waals surface area contributed by atoms with Crippen LogP contribution in [0.1, 0.15) is 58.3 Å². The quantitative estimate of drug-likeness (QED) is 0.787. The molecule has 0 heterocycles. The molecule has 3 saturated carbocycles. The van der Waals surface area contributed by atoms with E-state index in [2.05, 4.69) is 13.0 Å². The van der Waals surface area contributed by atoms with E-state index >= 15 is 0 Å². The lowest BCUT2D eigenvalue weighted by molar-refractivity contribution is -0.129. The summed E-state index contributed by atoms with van der Waals surface area (Å²) in [5, 5.41) is 9.86. The van der Waals surface area contributed by atoms with Crippen LogP contribution >= 0.6 is 0 Å². The van der Waals surface area contributed by atoms with Gasteiger partial charge in [-0.15, -0.1) is 0 Å². The number of aliphatic hydroxyl groups excluding tert-OH is 1. The Kier molecular flexibility index (Phi) is 3.55. The van der Waals surface area contributed by atoms with Crippen LogP contribution in [0.15, 0.2) is 12.2 Å². The summed E-state index contributed by atoms with van der Waals surface area (Å²) in [6, 6.07) is 0. The van der Waals surface area contributed by atoms with E-state index in [0.29, 0.717) is 23.5 Å². The van der Waals surface area contributed by atoms with E-state index in [0.717, 1.165) is 25.7 Å². The van der Waals surface area contributed by atoms with Crippen molar-refractivity contribution in [3.8, 4) is 0 Å². The fraction of sp³-hybridized carbons (Fsp3) is 0.824. The molecular weight excluding hydrogens is 236 g/mol. The molecule has 4 atom stereocenters. The number of fused-ring (bicyclic) bond motifs is 1. The molecule has 2 heteroatoms. The van der Waals surface area contributed by atoms with E-state index in [1.807, 2.05) is 6.08 Å². The van der Waals surface area contributed by atoms with Gasteiger partial charge in [0.2, 0.25) is 0 Å². The zero-order valence-electron chi connectivity index (χ0n) is 12.0. The third-order valence-corrected chi connectivity index (χ3v) is 5.92. The SMILES string of the molecule is CC12CCCC(=O)C1CCC2C/C=C/C(O)C1CC1. The van der Waals surface area contributed by atoms with Crippen LogP contribution in [0.5, 0.6) is 0 Å². The zero-order chi connectivity index (χ0) is 13.5. The topological polar surface area (TPSA) is 37.3 Å². The second-order valence-electron chi connectivity index (χ2n) is 7.14. The molecule has 2 nitrogen and oxygen atoms in total.